The van der Waals surface area contributed by atoms with Crippen molar-refractivity contribution in [2.45, 2.75) is 25.9 Å². The van der Waals surface area contributed by atoms with Gasteiger partial charge in [-0.05, 0) is 43.4 Å². The summed E-state index contributed by atoms with van der Waals surface area (Å²) < 4.78 is 46.5. The van der Waals surface area contributed by atoms with Crippen molar-refractivity contribution in [2.75, 3.05) is 19.8 Å². The number of ether oxygens (including phenoxy) is 1. The van der Waals surface area contributed by atoms with E-state index in [9.17, 15) is 18.0 Å². The second-order valence-corrected chi connectivity index (χ2v) is 6.79. The van der Waals surface area contributed by atoms with Gasteiger partial charge >= 0.3 is 6.18 Å². The number of carbonyl (C=O) groups excluding carboxylic acids is 1. The van der Waals surface area contributed by atoms with Gasteiger partial charge in [-0.3, -0.25) is 9.48 Å². The summed E-state index contributed by atoms with van der Waals surface area (Å²) >= 11 is 0. The van der Waals surface area contributed by atoms with E-state index < -0.39 is 11.9 Å². The second-order valence-electron chi connectivity index (χ2n) is 6.79. The van der Waals surface area contributed by atoms with E-state index >= 15 is 0 Å². The largest absolute Gasteiger partial charge is 0.435 e. The molecule has 1 saturated heterocycles. The molecule has 1 amide bonds. The van der Waals surface area contributed by atoms with Crippen molar-refractivity contribution in [1.82, 2.24) is 15.1 Å². The van der Waals surface area contributed by atoms with Gasteiger partial charge in [-0.2, -0.15) is 18.3 Å². The first-order chi connectivity index (χ1) is 12.8. The third-order valence-corrected chi connectivity index (χ3v) is 4.88. The smallest absolute Gasteiger partial charge is 0.381 e. The summed E-state index contributed by atoms with van der Waals surface area (Å²) in [6.45, 7) is 3.56. The lowest BCUT2D eigenvalue weighted by Crippen LogP contribution is -2.26. The van der Waals surface area contributed by atoms with Crippen LogP contribution in [0.15, 0.2) is 24.3 Å². The van der Waals surface area contributed by atoms with Crippen molar-refractivity contribution in [1.29, 1.82) is 0 Å². The van der Waals surface area contributed by atoms with Gasteiger partial charge < -0.3 is 10.1 Å². The molecule has 1 aromatic carbocycles. The molecule has 1 aliphatic heterocycles. The van der Waals surface area contributed by atoms with E-state index in [1.165, 1.54) is 17.8 Å². The molecule has 1 N–H and O–H groups in total. The Kier molecular flexibility index (Phi) is 5.55. The van der Waals surface area contributed by atoms with Crippen molar-refractivity contribution >= 4 is 5.91 Å². The molecule has 2 aromatic rings. The van der Waals surface area contributed by atoms with Crippen LogP contribution >= 0.6 is 0 Å². The first-order valence-corrected chi connectivity index (χ1v) is 8.84. The Bertz CT molecular complexity index is 824. The summed E-state index contributed by atoms with van der Waals surface area (Å²) in [6, 6.07) is 6.22. The summed E-state index contributed by atoms with van der Waals surface area (Å²) in [4.78, 5) is 12.4. The van der Waals surface area contributed by atoms with E-state index in [0.29, 0.717) is 35.9 Å². The molecule has 5 nitrogen and oxygen atoms in total. The van der Waals surface area contributed by atoms with Crippen molar-refractivity contribution in [2.24, 2.45) is 13.0 Å². The van der Waals surface area contributed by atoms with Gasteiger partial charge in [-0.1, -0.05) is 12.1 Å². The molecule has 0 aliphatic carbocycles. The molecular formula is C19H22F3N3O2. The second kappa shape index (κ2) is 7.72. The number of rotatable bonds is 5. The molecule has 1 aliphatic rings. The first kappa shape index (κ1) is 19.4. The minimum atomic E-state index is -4.57. The Labute approximate surface area is 155 Å². The number of hydrogen-bond acceptors (Lipinski definition) is 3. The van der Waals surface area contributed by atoms with E-state index in [-0.39, 0.29) is 11.5 Å². The highest BCUT2D eigenvalue weighted by molar-refractivity contribution is 5.95. The van der Waals surface area contributed by atoms with E-state index in [4.69, 9.17) is 4.74 Å². The number of nitrogens with one attached hydrogen (secondary N) is 1. The third-order valence-electron chi connectivity index (χ3n) is 4.88. The minimum absolute atomic E-state index is 0.00255. The van der Waals surface area contributed by atoms with Crippen LogP contribution in [0.5, 0.6) is 0 Å². The molecule has 2 heterocycles. The molecule has 0 saturated carbocycles. The lowest BCUT2D eigenvalue weighted by atomic mass is 10.00. The average molecular weight is 381 g/mol. The molecule has 1 fully saturated rings. The van der Waals surface area contributed by atoms with E-state index in [1.54, 1.807) is 25.1 Å². The van der Waals surface area contributed by atoms with E-state index in [0.717, 1.165) is 19.4 Å². The van der Waals surface area contributed by atoms with Crippen LogP contribution in [0.3, 0.4) is 0 Å². The predicted octanol–water partition coefficient (Wildman–Crippen LogP) is 3.57. The predicted molar refractivity (Wildman–Crippen MR) is 94.3 cm³/mol. The molecule has 1 aromatic heterocycles. The molecule has 146 valence electrons. The number of aromatic nitrogens is 2. The minimum Gasteiger partial charge on any atom is -0.381 e. The van der Waals surface area contributed by atoms with Crippen LogP contribution in [0, 0.1) is 12.8 Å². The molecule has 27 heavy (non-hydrogen) atoms. The van der Waals surface area contributed by atoms with E-state index in [1.807, 2.05) is 0 Å². The van der Waals surface area contributed by atoms with Crippen LogP contribution in [-0.2, 0) is 18.0 Å². The Morgan fingerprint density at radius 2 is 2.19 bits per heavy atom. The summed E-state index contributed by atoms with van der Waals surface area (Å²) in [5, 5.41) is 6.44. The maximum absolute atomic E-state index is 13.3. The monoisotopic (exact) mass is 381 g/mol. The highest BCUT2D eigenvalue weighted by Crippen LogP contribution is 2.38. The van der Waals surface area contributed by atoms with Crippen LogP contribution in [0.4, 0.5) is 13.2 Å². The third kappa shape index (κ3) is 4.32. The van der Waals surface area contributed by atoms with Gasteiger partial charge in [0.05, 0.1) is 0 Å². The fourth-order valence-corrected chi connectivity index (χ4v) is 3.27. The average Bonchev–Trinajstić information content (AvgIpc) is 3.23. The van der Waals surface area contributed by atoms with Gasteiger partial charge in [-0.25, -0.2) is 0 Å². The van der Waals surface area contributed by atoms with Gasteiger partial charge in [0.15, 0.2) is 5.69 Å². The molecule has 0 radical (unpaired) electrons. The lowest BCUT2D eigenvalue weighted by molar-refractivity contribution is -0.140. The highest BCUT2D eigenvalue weighted by atomic mass is 19.4. The van der Waals surface area contributed by atoms with Gasteiger partial charge in [-0.15, -0.1) is 0 Å². The lowest BCUT2D eigenvalue weighted by Gasteiger charge is -2.11. The molecular weight excluding hydrogens is 359 g/mol. The normalized spacial score (nSPS) is 17.3. The zero-order chi connectivity index (χ0) is 19.6. The molecule has 8 heteroatoms. The van der Waals surface area contributed by atoms with Crippen LogP contribution < -0.4 is 5.32 Å². The molecule has 1 atom stereocenters. The van der Waals surface area contributed by atoms with Crippen molar-refractivity contribution in [3.63, 3.8) is 0 Å². The molecule has 0 spiro atoms. The standard InChI is InChI=1S/C19H22F3N3O2/c1-12-16(17(19(20,21)22)24-25(12)2)14-4-3-5-15(10-14)18(26)23-8-6-13-7-9-27-11-13/h3-5,10,13H,6-9,11H2,1-2H3,(H,23,26). The molecule has 3 rings (SSSR count). The SMILES string of the molecule is Cc1c(-c2cccc(C(=O)NCCC3CCOC3)c2)c(C(F)(F)F)nn1C. The zero-order valence-electron chi connectivity index (χ0n) is 15.3. The number of alkyl halides is 3. The number of amides is 1. The highest BCUT2D eigenvalue weighted by Gasteiger charge is 2.38. The van der Waals surface area contributed by atoms with Gasteiger partial charge in [0.1, 0.15) is 0 Å². The fourth-order valence-electron chi connectivity index (χ4n) is 3.27. The number of carbonyl (C=O) groups is 1. The van der Waals surface area contributed by atoms with Gasteiger partial charge in [0.2, 0.25) is 0 Å². The van der Waals surface area contributed by atoms with Crippen LogP contribution in [0.2, 0.25) is 0 Å². The number of halogens is 3. The summed E-state index contributed by atoms with van der Waals surface area (Å²) in [7, 11) is 1.47. The van der Waals surface area contributed by atoms with Gasteiger partial charge in [0, 0.05) is 43.6 Å². The molecule has 1 unspecified atom stereocenters. The summed E-state index contributed by atoms with van der Waals surface area (Å²) in [5.41, 5.74) is 0.0986. The van der Waals surface area contributed by atoms with Crippen LogP contribution in [0.1, 0.15) is 34.6 Å². The van der Waals surface area contributed by atoms with Crippen molar-refractivity contribution in [3.05, 3.63) is 41.2 Å². The summed E-state index contributed by atoms with van der Waals surface area (Å²) in [6.07, 6.45) is -2.75. The Morgan fingerprint density at radius 3 is 2.85 bits per heavy atom. The van der Waals surface area contributed by atoms with Crippen LogP contribution in [-0.4, -0.2) is 35.4 Å². The maximum Gasteiger partial charge on any atom is 0.435 e. The Morgan fingerprint density at radius 1 is 1.41 bits per heavy atom. The zero-order valence-corrected chi connectivity index (χ0v) is 15.3. The summed E-state index contributed by atoms with van der Waals surface area (Å²) in [5.74, 6) is 0.148. The molecule has 0 bridgehead atoms. The first-order valence-electron chi connectivity index (χ1n) is 8.84. The number of aryl methyl sites for hydroxylation is 1. The number of benzene rings is 1. The number of nitrogens with zero attached hydrogens (tertiary/aromatic N) is 2. The van der Waals surface area contributed by atoms with Crippen LogP contribution in [0.25, 0.3) is 11.1 Å². The number of hydrogen-bond donors (Lipinski definition) is 1. The van der Waals surface area contributed by atoms with Gasteiger partial charge in [0.25, 0.3) is 5.91 Å². The Hall–Kier alpha value is -2.35. The van der Waals surface area contributed by atoms with E-state index in [2.05, 4.69) is 10.4 Å². The maximum atomic E-state index is 13.3. The topological polar surface area (TPSA) is 56.1 Å². The van der Waals surface area contributed by atoms with Crippen molar-refractivity contribution < 1.29 is 22.7 Å². The Balaban J connectivity index is 1.78. The quantitative estimate of drug-likeness (QED) is 0.862. The van der Waals surface area contributed by atoms with Crippen molar-refractivity contribution in [3.8, 4) is 11.1 Å². The fraction of sp³-hybridized carbons (Fsp3) is 0.474.